The van der Waals surface area contributed by atoms with E-state index in [-0.39, 0.29) is 29.8 Å². The van der Waals surface area contributed by atoms with Gasteiger partial charge in [0.1, 0.15) is 23.2 Å². The first kappa shape index (κ1) is 39.0. The van der Waals surface area contributed by atoms with Crippen molar-refractivity contribution in [3.8, 4) is 5.75 Å². The van der Waals surface area contributed by atoms with Gasteiger partial charge < -0.3 is 15.0 Å². The van der Waals surface area contributed by atoms with E-state index >= 15 is 4.39 Å². The van der Waals surface area contributed by atoms with E-state index in [1.54, 1.807) is 31.1 Å². The van der Waals surface area contributed by atoms with Gasteiger partial charge >= 0.3 is 24.9 Å². The van der Waals surface area contributed by atoms with Crippen molar-refractivity contribution in [1.82, 2.24) is 10.2 Å². The summed E-state index contributed by atoms with van der Waals surface area (Å²) in [6.45, 7) is 0.393. The number of hydrogen-bond acceptors (Lipinski definition) is 3. The van der Waals surface area contributed by atoms with Gasteiger partial charge in [0.25, 0.3) is 5.91 Å². The molecule has 0 saturated carbocycles. The molecule has 0 aliphatic heterocycles. The summed E-state index contributed by atoms with van der Waals surface area (Å²) in [6, 6.07) is 9.32. The Labute approximate surface area is 281 Å². The summed E-state index contributed by atoms with van der Waals surface area (Å²) in [6.07, 6.45) is -21.1. The Bertz CT molecular complexity index is 1870. The Hall–Kier alpha value is -4.80. The zero-order valence-corrected chi connectivity index (χ0v) is 26.2. The van der Waals surface area contributed by atoms with Crippen LogP contribution in [0.25, 0.3) is 0 Å². The maximum absolute atomic E-state index is 15.1. The molecule has 0 aromatic heterocycles. The van der Waals surface area contributed by atoms with Crippen molar-refractivity contribution in [1.29, 1.82) is 0 Å². The molecule has 4 nitrogen and oxygen atoms in total. The van der Waals surface area contributed by atoms with Gasteiger partial charge in [0.05, 0.1) is 16.7 Å². The topological polar surface area (TPSA) is 41.6 Å². The second-order valence-electron chi connectivity index (χ2n) is 11.6. The molecule has 0 unspecified atom stereocenters. The molecule has 274 valence electrons. The first-order chi connectivity index (χ1) is 23.5. The van der Waals surface area contributed by atoms with Gasteiger partial charge in [-0.1, -0.05) is 30.3 Å². The lowest BCUT2D eigenvalue weighted by molar-refractivity contribution is -0.253. The summed E-state index contributed by atoms with van der Waals surface area (Å²) in [7, 11) is 3.48. The van der Waals surface area contributed by atoms with Crippen molar-refractivity contribution >= 4 is 5.91 Å². The van der Waals surface area contributed by atoms with E-state index in [9.17, 15) is 57.5 Å². The van der Waals surface area contributed by atoms with Crippen LogP contribution in [0.5, 0.6) is 5.75 Å². The summed E-state index contributed by atoms with van der Waals surface area (Å²) in [5.74, 6) is -7.93. The minimum Gasteiger partial charge on any atom is -0.428 e. The summed E-state index contributed by atoms with van der Waals surface area (Å²) >= 11 is 0. The molecule has 0 spiro atoms. The lowest BCUT2D eigenvalue weighted by Gasteiger charge is -2.37. The minimum atomic E-state index is -5.39. The largest absolute Gasteiger partial charge is 0.461 e. The fourth-order valence-electron chi connectivity index (χ4n) is 5.22. The quantitative estimate of drug-likeness (QED) is 0.156. The summed E-state index contributed by atoms with van der Waals surface area (Å²) in [4.78, 5) is 15.5. The van der Waals surface area contributed by atoms with E-state index in [1.807, 2.05) is 0 Å². The molecule has 4 rings (SSSR count). The zero-order valence-electron chi connectivity index (χ0n) is 26.2. The first-order valence-electron chi connectivity index (χ1n) is 14.5. The minimum absolute atomic E-state index is 0.0839. The average Bonchev–Trinajstić information content (AvgIpc) is 3.00. The normalized spacial score (nSPS) is 13.7. The Morgan fingerprint density at radius 1 is 0.706 bits per heavy atom. The molecule has 0 fully saturated rings. The van der Waals surface area contributed by atoms with Gasteiger partial charge in [0, 0.05) is 24.6 Å². The van der Waals surface area contributed by atoms with Crippen LogP contribution in [0.15, 0.2) is 78.9 Å². The van der Waals surface area contributed by atoms with Crippen molar-refractivity contribution in [2.45, 2.75) is 43.4 Å². The van der Waals surface area contributed by atoms with Gasteiger partial charge in [-0.15, -0.1) is 0 Å². The standard InChI is InChI=1S/C34H25F13N2O2/c1-49(2)17-19-5-3-18(4-6-19)16-31(21-8-10-28(37)26(14-21)33(43,44)45,22-12-23(35)15-24(13-22)51-34(46,47)30(38)39)48-29(50)20-7-9-27(36)25(11-20)32(40,41)42/h3-15,30H,16-17H2,1-2H3,(H,48,50)/t31-/m1/s1. The molecular formula is C34H25F13N2O2. The highest BCUT2D eigenvalue weighted by atomic mass is 19.4. The number of hydrogen-bond donors (Lipinski definition) is 1. The molecule has 4 aromatic rings. The molecule has 1 atom stereocenters. The second kappa shape index (κ2) is 14.4. The SMILES string of the molecule is CN(C)Cc1ccc(C[C@](NC(=O)c2ccc(F)c(C(F)(F)F)c2)(c2cc(F)cc(OC(F)(F)C(F)F)c2)c2ccc(F)c(C(F)(F)F)c2)cc1. The van der Waals surface area contributed by atoms with Gasteiger partial charge in [-0.3, -0.25) is 4.79 Å². The molecule has 0 radical (unpaired) electrons. The predicted molar refractivity (Wildman–Crippen MR) is 157 cm³/mol. The summed E-state index contributed by atoms with van der Waals surface area (Å²) in [5.41, 5.74) is -8.00. The highest BCUT2D eigenvalue weighted by Gasteiger charge is 2.46. The molecule has 51 heavy (non-hydrogen) atoms. The van der Waals surface area contributed by atoms with E-state index in [0.717, 1.165) is 0 Å². The molecule has 0 heterocycles. The molecule has 0 aliphatic carbocycles. The fraction of sp³-hybridized carbons (Fsp3) is 0.265. The molecular weight excluding hydrogens is 715 g/mol. The van der Waals surface area contributed by atoms with Crippen molar-refractivity contribution in [2.75, 3.05) is 14.1 Å². The number of ether oxygens (including phenoxy) is 1. The third-order valence-electron chi connectivity index (χ3n) is 7.49. The molecule has 0 bridgehead atoms. The third-order valence-corrected chi connectivity index (χ3v) is 7.49. The number of halogens is 13. The van der Waals surface area contributed by atoms with E-state index in [2.05, 4.69) is 10.1 Å². The lowest BCUT2D eigenvalue weighted by Crippen LogP contribution is -2.49. The summed E-state index contributed by atoms with van der Waals surface area (Å²) < 4.78 is 184. The molecule has 4 aromatic carbocycles. The van der Waals surface area contributed by atoms with Gasteiger partial charge in [-0.2, -0.15) is 43.9 Å². The number of alkyl halides is 10. The number of nitrogens with zero attached hydrogens (tertiary/aromatic N) is 1. The van der Waals surface area contributed by atoms with Crippen LogP contribution < -0.4 is 10.1 Å². The van der Waals surface area contributed by atoms with Gasteiger partial charge in [-0.25, -0.2) is 13.2 Å². The smallest absolute Gasteiger partial charge is 0.428 e. The Morgan fingerprint density at radius 2 is 1.25 bits per heavy atom. The van der Waals surface area contributed by atoms with Crippen LogP contribution in [0.2, 0.25) is 0 Å². The molecule has 17 heteroatoms. The van der Waals surface area contributed by atoms with Crippen molar-refractivity contribution in [2.24, 2.45) is 0 Å². The second-order valence-corrected chi connectivity index (χ2v) is 11.6. The molecule has 0 aliphatic rings. The van der Waals surface area contributed by atoms with E-state index in [1.165, 1.54) is 12.1 Å². The van der Waals surface area contributed by atoms with Crippen molar-refractivity contribution < 1.29 is 66.6 Å². The van der Waals surface area contributed by atoms with E-state index in [4.69, 9.17) is 0 Å². The van der Waals surface area contributed by atoms with Gasteiger partial charge in [0.15, 0.2) is 0 Å². The number of carbonyl (C=O) groups is 1. The summed E-state index contributed by atoms with van der Waals surface area (Å²) in [5, 5.41) is 2.23. The number of rotatable bonds is 11. The monoisotopic (exact) mass is 740 g/mol. The van der Waals surface area contributed by atoms with Crippen LogP contribution in [0, 0.1) is 17.5 Å². The lowest BCUT2D eigenvalue weighted by atomic mass is 9.76. The first-order valence-corrected chi connectivity index (χ1v) is 14.5. The van der Waals surface area contributed by atoms with Crippen molar-refractivity contribution in [3.05, 3.63) is 135 Å². The highest BCUT2D eigenvalue weighted by Crippen LogP contribution is 2.41. The highest BCUT2D eigenvalue weighted by molar-refractivity contribution is 5.95. The van der Waals surface area contributed by atoms with Crippen LogP contribution in [0.3, 0.4) is 0 Å². The zero-order chi connectivity index (χ0) is 38.1. The predicted octanol–water partition coefficient (Wildman–Crippen LogP) is 9.36. The van der Waals surface area contributed by atoms with E-state index < -0.39 is 93.8 Å². The van der Waals surface area contributed by atoms with Crippen LogP contribution >= 0.6 is 0 Å². The number of nitrogens with one attached hydrogen (secondary N) is 1. The van der Waals surface area contributed by atoms with Gasteiger partial charge in [0.2, 0.25) is 0 Å². The van der Waals surface area contributed by atoms with Crippen LogP contribution in [-0.4, -0.2) is 37.4 Å². The van der Waals surface area contributed by atoms with Crippen molar-refractivity contribution in [3.63, 3.8) is 0 Å². The number of benzene rings is 4. The number of carbonyl (C=O) groups excluding carboxylic acids is 1. The third kappa shape index (κ3) is 9.11. The Morgan fingerprint density at radius 3 is 1.80 bits per heavy atom. The maximum Gasteiger partial charge on any atom is 0.461 e. The number of amides is 1. The molecule has 0 saturated heterocycles. The van der Waals surface area contributed by atoms with Crippen LogP contribution in [0.1, 0.15) is 43.7 Å². The van der Waals surface area contributed by atoms with Crippen LogP contribution in [-0.2, 0) is 30.9 Å². The fourth-order valence-corrected chi connectivity index (χ4v) is 5.22. The average molecular weight is 741 g/mol. The van der Waals surface area contributed by atoms with Gasteiger partial charge in [-0.05, 0) is 78.8 Å². The molecule has 1 amide bonds. The Kier molecular flexibility index (Phi) is 11.0. The maximum atomic E-state index is 15.1. The Balaban J connectivity index is 2.05. The molecule has 1 N–H and O–H groups in total. The van der Waals surface area contributed by atoms with E-state index in [0.29, 0.717) is 42.4 Å². The van der Waals surface area contributed by atoms with Crippen LogP contribution in [0.4, 0.5) is 57.1 Å².